The minimum atomic E-state index is -0.702. The van der Waals surface area contributed by atoms with E-state index in [4.69, 9.17) is 9.47 Å². The van der Waals surface area contributed by atoms with E-state index in [0.717, 1.165) is 23.6 Å². The molecule has 1 fully saturated rings. The summed E-state index contributed by atoms with van der Waals surface area (Å²) in [6.07, 6.45) is 1.61. The van der Waals surface area contributed by atoms with Crippen LogP contribution in [0.25, 0.3) is 0 Å². The van der Waals surface area contributed by atoms with Gasteiger partial charge in [0.2, 0.25) is 0 Å². The van der Waals surface area contributed by atoms with E-state index in [9.17, 15) is 13.6 Å². The second-order valence-corrected chi connectivity index (χ2v) is 8.16. The monoisotopic (exact) mass is 389 g/mol. The van der Waals surface area contributed by atoms with Gasteiger partial charge in [-0.25, -0.2) is 13.6 Å². The van der Waals surface area contributed by atoms with E-state index in [1.54, 1.807) is 9.80 Å². The van der Waals surface area contributed by atoms with Crippen molar-refractivity contribution in [3.8, 4) is 5.75 Å². The fourth-order valence-electron chi connectivity index (χ4n) is 2.57. The third-order valence-corrected chi connectivity index (χ3v) is 4.48. The number of rotatable bonds is 5. The standard InChI is InChI=1S/C18H26F2N2O3S/c1-18(2,3)25-17(23)22-7-5-21(6-8-22)15-12-16(24-9-10-26-4)14(20)11-13(15)19/h11-12H,5-10H2,1-4H3/p+1. The SMILES string of the molecule is C[SH+]CCOc1cc(N2CCN(C(=O)OC(C)(C)C)CC2)c(F)cc1F. The van der Waals surface area contributed by atoms with Crippen LogP contribution in [0, 0.1) is 11.6 Å². The van der Waals surface area contributed by atoms with E-state index >= 15 is 0 Å². The van der Waals surface area contributed by atoms with Gasteiger partial charge in [0.25, 0.3) is 0 Å². The highest BCUT2D eigenvalue weighted by atomic mass is 32.2. The molecule has 1 saturated heterocycles. The molecule has 1 heterocycles. The predicted molar refractivity (Wildman–Crippen MR) is 101 cm³/mol. The van der Waals surface area contributed by atoms with E-state index in [1.807, 2.05) is 27.0 Å². The van der Waals surface area contributed by atoms with Crippen molar-refractivity contribution in [1.29, 1.82) is 0 Å². The number of thiol groups is 1. The molecule has 8 heteroatoms. The number of nitrogens with zero attached hydrogens (tertiary/aromatic N) is 2. The van der Waals surface area contributed by atoms with Gasteiger partial charge in [-0.05, 0) is 32.5 Å². The zero-order chi connectivity index (χ0) is 19.3. The Morgan fingerprint density at radius 3 is 2.38 bits per heavy atom. The highest BCUT2D eigenvalue weighted by Crippen LogP contribution is 2.29. The van der Waals surface area contributed by atoms with Gasteiger partial charge in [0.15, 0.2) is 11.6 Å². The number of benzene rings is 1. The molecule has 26 heavy (non-hydrogen) atoms. The molecule has 1 aromatic carbocycles. The van der Waals surface area contributed by atoms with Gasteiger partial charge in [-0.1, -0.05) is 0 Å². The molecule has 1 aromatic rings. The van der Waals surface area contributed by atoms with Gasteiger partial charge in [-0.15, -0.1) is 0 Å². The molecule has 5 nitrogen and oxygen atoms in total. The van der Waals surface area contributed by atoms with Crippen LogP contribution in [0.1, 0.15) is 20.8 Å². The molecule has 0 radical (unpaired) electrons. The molecule has 0 N–H and O–H groups in total. The molecular formula is C18H27F2N2O3S+. The van der Waals surface area contributed by atoms with Crippen LogP contribution < -0.4 is 9.64 Å². The maximum absolute atomic E-state index is 14.2. The van der Waals surface area contributed by atoms with Crippen LogP contribution in [0.15, 0.2) is 12.1 Å². The molecule has 0 unspecified atom stereocenters. The first-order chi connectivity index (χ1) is 12.2. The Hall–Kier alpha value is -1.70. The summed E-state index contributed by atoms with van der Waals surface area (Å²) < 4.78 is 38.9. The van der Waals surface area contributed by atoms with Crippen LogP contribution in [0.5, 0.6) is 5.75 Å². The fraction of sp³-hybridized carbons (Fsp3) is 0.611. The molecule has 0 saturated carbocycles. The average molecular weight is 389 g/mol. The summed E-state index contributed by atoms with van der Waals surface area (Å²) in [4.78, 5) is 15.5. The maximum Gasteiger partial charge on any atom is 0.410 e. The molecule has 146 valence electrons. The molecule has 1 aliphatic rings. The van der Waals surface area contributed by atoms with Crippen LogP contribution in [0.3, 0.4) is 0 Å². The summed E-state index contributed by atoms with van der Waals surface area (Å²) in [5, 5.41) is 0. The van der Waals surface area contributed by atoms with Gasteiger partial charge in [0.1, 0.15) is 23.8 Å². The minimum Gasteiger partial charge on any atom is -0.486 e. The molecule has 2 rings (SSSR count). The Morgan fingerprint density at radius 2 is 1.81 bits per heavy atom. The van der Waals surface area contributed by atoms with Crippen molar-refractivity contribution in [3.05, 3.63) is 23.8 Å². The number of ether oxygens (including phenoxy) is 2. The Bertz CT molecular complexity index is 630. The zero-order valence-electron chi connectivity index (χ0n) is 15.7. The Labute approximate surface area is 157 Å². The minimum absolute atomic E-state index is 0.0552. The first-order valence-electron chi connectivity index (χ1n) is 8.61. The van der Waals surface area contributed by atoms with E-state index in [2.05, 4.69) is 0 Å². The number of anilines is 1. The third kappa shape index (κ3) is 5.65. The van der Waals surface area contributed by atoms with Crippen molar-refractivity contribution in [2.24, 2.45) is 0 Å². The van der Waals surface area contributed by atoms with Crippen LogP contribution in [-0.2, 0) is 16.5 Å². The highest BCUT2D eigenvalue weighted by molar-refractivity contribution is 7.77. The van der Waals surface area contributed by atoms with Crippen molar-refractivity contribution in [1.82, 2.24) is 4.90 Å². The number of carbonyl (C=O) groups excluding carboxylic acids is 1. The summed E-state index contributed by atoms with van der Waals surface area (Å²) in [6.45, 7) is 7.53. The summed E-state index contributed by atoms with van der Waals surface area (Å²) in [7, 11) is 0. The van der Waals surface area contributed by atoms with Crippen LogP contribution in [0.2, 0.25) is 0 Å². The molecule has 0 bridgehead atoms. The van der Waals surface area contributed by atoms with E-state index in [1.165, 1.54) is 6.07 Å². The van der Waals surface area contributed by atoms with Gasteiger partial charge in [0, 0.05) is 38.3 Å². The predicted octanol–water partition coefficient (Wildman–Crippen LogP) is 2.85. The van der Waals surface area contributed by atoms with Crippen molar-refractivity contribution < 1.29 is 23.0 Å². The highest BCUT2D eigenvalue weighted by Gasteiger charge is 2.27. The molecule has 0 spiro atoms. The summed E-state index contributed by atoms with van der Waals surface area (Å²) >= 11 is 1.15. The van der Waals surface area contributed by atoms with Crippen molar-refractivity contribution in [3.63, 3.8) is 0 Å². The first-order valence-corrected chi connectivity index (χ1v) is 10.1. The van der Waals surface area contributed by atoms with Crippen LogP contribution in [0.4, 0.5) is 19.3 Å². The van der Waals surface area contributed by atoms with E-state index < -0.39 is 17.2 Å². The summed E-state index contributed by atoms with van der Waals surface area (Å²) in [6, 6.07) is 2.26. The molecule has 0 aliphatic carbocycles. The number of hydrogen-bond acceptors (Lipinski definition) is 4. The molecule has 0 atom stereocenters. The van der Waals surface area contributed by atoms with Gasteiger partial charge in [0.05, 0.1) is 11.9 Å². The van der Waals surface area contributed by atoms with Crippen LogP contribution in [-0.4, -0.2) is 61.4 Å². The summed E-state index contributed by atoms with van der Waals surface area (Å²) in [5.74, 6) is -0.499. The lowest BCUT2D eigenvalue weighted by Gasteiger charge is -2.36. The lowest BCUT2D eigenvalue weighted by molar-refractivity contribution is 0.0240. The van der Waals surface area contributed by atoms with E-state index in [0.29, 0.717) is 38.5 Å². The van der Waals surface area contributed by atoms with Crippen LogP contribution >= 0.6 is 0 Å². The topological polar surface area (TPSA) is 42.0 Å². The van der Waals surface area contributed by atoms with Crippen molar-refractivity contribution >= 4 is 23.5 Å². The molecule has 1 amide bonds. The molecule has 1 aliphatic heterocycles. The van der Waals surface area contributed by atoms with Gasteiger partial charge in [-0.3, -0.25) is 0 Å². The third-order valence-electron chi connectivity index (χ3n) is 3.85. The molecular weight excluding hydrogens is 362 g/mol. The van der Waals surface area contributed by atoms with Crippen molar-refractivity contribution in [2.75, 3.05) is 49.7 Å². The lowest BCUT2D eigenvalue weighted by atomic mass is 10.2. The van der Waals surface area contributed by atoms with Crippen molar-refractivity contribution in [2.45, 2.75) is 26.4 Å². The second-order valence-electron chi connectivity index (χ2n) is 7.08. The lowest BCUT2D eigenvalue weighted by Crippen LogP contribution is -2.50. The van der Waals surface area contributed by atoms with Gasteiger partial charge < -0.3 is 19.3 Å². The number of halogens is 2. The first kappa shape index (κ1) is 20.6. The number of piperazine rings is 1. The largest absolute Gasteiger partial charge is 0.486 e. The normalized spacial score (nSPS) is 15.2. The zero-order valence-corrected chi connectivity index (χ0v) is 16.6. The number of hydrogen-bond donors (Lipinski definition) is 0. The Kier molecular flexibility index (Phi) is 6.97. The Morgan fingerprint density at radius 1 is 1.15 bits per heavy atom. The van der Waals surface area contributed by atoms with Gasteiger partial charge in [-0.2, -0.15) is 0 Å². The smallest absolute Gasteiger partial charge is 0.410 e. The average Bonchev–Trinajstić information content (AvgIpc) is 2.55. The quantitative estimate of drug-likeness (QED) is 0.441. The fourth-order valence-corrected chi connectivity index (χ4v) is 2.85. The van der Waals surface area contributed by atoms with E-state index in [-0.39, 0.29) is 11.8 Å². The molecule has 0 aromatic heterocycles. The second kappa shape index (κ2) is 8.79. The number of amides is 1. The maximum atomic E-state index is 14.2. The number of carbonyl (C=O) groups is 1. The van der Waals surface area contributed by atoms with Gasteiger partial charge >= 0.3 is 6.09 Å². The summed E-state index contributed by atoms with van der Waals surface area (Å²) in [5.41, 5.74) is -0.263. The Balaban J connectivity index is 2.02.